The van der Waals surface area contributed by atoms with Gasteiger partial charge in [-0.3, -0.25) is 0 Å². The van der Waals surface area contributed by atoms with Gasteiger partial charge >= 0.3 is 0 Å². The molecule has 80 valence electrons. The van der Waals surface area contributed by atoms with E-state index in [2.05, 4.69) is 26.1 Å². The van der Waals surface area contributed by atoms with Gasteiger partial charge in [0, 0.05) is 0 Å². The average molecular weight is 208 g/mol. The van der Waals surface area contributed by atoms with Gasteiger partial charge in [0.15, 0.2) is 0 Å². The summed E-state index contributed by atoms with van der Waals surface area (Å²) < 4.78 is 5.74. The molecule has 0 amide bonds. The highest BCUT2D eigenvalue weighted by atomic mass is 35.5. The fraction of sp³-hybridized carbons (Fsp3) is 1.00. The van der Waals surface area contributed by atoms with Crippen molar-refractivity contribution in [1.29, 1.82) is 0 Å². The smallest absolute Gasteiger partial charge is 0.0598 e. The molecule has 0 bridgehead atoms. The highest BCUT2D eigenvalue weighted by Gasteiger charge is 2.17. The van der Waals surface area contributed by atoms with Crippen LogP contribution in [0, 0.1) is 5.92 Å². The fourth-order valence-electron chi connectivity index (χ4n) is 1.42. The van der Waals surface area contributed by atoms with Crippen LogP contribution in [0.25, 0.3) is 0 Å². The van der Waals surface area contributed by atoms with Crippen LogP contribution in [-0.4, -0.2) is 25.3 Å². The first-order valence-corrected chi connectivity index (χ1v) is 4.92. The monoisotopic (exact) mass is 207 g/mol. The van der Waals surface area contributed by atoms with Gasteiger partial charge in [0.05, 0.1) is 12.2 Å². The molecule has 0 aromatic rings. The molecular formula is C10H22ClNO. The van der Waals surface area contributed by atoms with Crippen molar-refractivity contribution in [3.8, 4) is 0 Å². The summed E-state index contributed by atoms with van der Waals surface area (Å²) in [5.74, 6) is 0.783. The lowest BCUT2D eigenvalue weighted by molar-refractivity contribution is -0.0266. The maximum Gasteiger partial charge on any atom is 0.0598 e. The average Bonchev–Trinajstić information content (AvgIpc) is 2.02. The SMILES string of the molecule is CC(C)(C)OCC1CCNCC1.Cl. The standard InChI is InChI=1S/C10H21NO.ClH/c1-10(2,3)12-8-9-4-6-11-7-5-9;/h9,11H,4-8H2,1-3H3;1H. The van der Waals surface area contributed by atoms with Crippen LogP contribution in [0.15, 0.2) is 0 Å². The molecule has 1 N–H and O–H groups in total. The van der Waals surface area contributed by atoms with E-state index in [0.29, 0.717) is 0 Å². The number of piperidine rings is 1. The van der Waals surface area contributed by atoms with E-state index >= 15 is 0 Å². The van der Waals surface area contributed by atoms with Crippen LogP contribution in [0.4, 0.5) is 0 Å². The van der Waals surface area contributed by atoms with Crippen molar-refractivity contribution in [1.82, 2.24) is 5.32 Å². The van der Waals surface area contributed by atoms with Crippen LogP contribution in [0.3, 0.4) is 0 Å². The van der Waals surface area contributed by atoms with Gasteiger partial charge in [-0.05, 0) is 52.6 Å². The molecule has 2 nitrogen and oxygen atoms in total. The Hall–Kier alpha value is 0.210. The van der Waals surface area contributed by atoms with Crippen molar-refractivity contribution < 1.29 is 4.74 Å². The number of rotatable bonds is 2. The molecule has 3 heteroatoms. The van der Waals surface area contributed by atoms with Crippen LogP contribution >= 0.6 is 12.4 Å². The maximum atomic E-state index is 5.74. The van der Waals surface area contributed by atoms with Crippen molar-refractivity contribution in [2.24, 2.45) is 5.92 Å². The normalized spacial score (nSPS) is 19.6. The zero-order chi connectivity index (χ0) is 9.03. The first kappa shape index (κ1) is 13.2. The van der Waals surface area contributed by atoms with Gasteiger partial charge in [-0.2, -0.15) is 0 Å². The zero-order valence-electron chi connectivity index (χ0n) is 8.93. The molecule has 1 rings (SSSR count). The van der Waals surface area contributed by atoms with Crippen LogP contribution < -0.4 is 5.32 Å². The van der Waals surface area contributed by atoms with E-state index in [0.717, 1.165) is 25.6 Å². The Morgan fingerprint density at radius 3 is 2.23 bits per heavy atom. The van der Waals surface area contributed by atoms with E-state index in [1.54, 1.807) is 0 Å². The van der Waals surface area contributed by atoms with Gasteiger partial charge in [0.1, 0.15) is 0 Å². The summed E-state index contributed by atoms with van der Waals surface area (Å²) in [6.07, 6.45) is 2.55. The molecule has 1 aliphatic rings. The Morgan fingerprint density at radius 1 is 1.23 bits per heavy atom. The molecule has 0 aromatic heterocycles. The second kappa shape index (κ2) is 5.84. The van der Waals surface area contributed by atoms with Crippen LogP contribution in [0.1, 0.15) is 33.6 Å². The van der Waals surface area contributed by atoms with E-state index in [1.807, 2.05) is 0 Å². The van der Waals surface area contributed by atoms with Gasteiger partial charge < -0.3 is 10.1 Å². The molecule has 13 heavy (non-hydrogen) atoms. The second-order valence-electron chi connectivity index (χ2n) is 4.62. The Bertz CT molecular complexity index is 127. The third-order valence-electron chi connectivity index (χ3n) is 2.21. The third-order valence-corrected chi connectivity index (χ3v) is 2.21. The lowest BCUT2D eigenvalue weighted by atomic mass is 9.99. The lowest BCUT2D eigenvalue weighted by Crippen LogP contribution is -2.32. The van der Waals surface area contributed by atoms with Crippen molar-refractivity contribution in [2.45, 2.75) is 39.2 Å². The number of hydrogen-bond donors (Lipinski definition) is 1. The Balaban J connectivity index is 0.00000144. The van der Waals surface area contributed by atoms with Gasteiger partial charge in [-0.15, -0.1) is 12.4 Å². The summed E-state index contributed by atoms with van der Waals surface area (Å²) >= 11 is 0. The molecule has 1 heterocycles. The molecule has 0 aromatic carbocycles. The van der Waals surface area contributed by atoms with Crippen LogP contribution in [0.5, 0.6) is 0 Å². The van der Waals surface area contributed by atoms with Crippen molar-refractivity contribution in [2.75, 3.05) is 19.7 Å². The third kappa shape index (κ3) is 6.30. The summed E-state index contributed by atoms with van der Waals surface area (Å²) in [5, 5.41) is 3.36. The van der Waals surface area contributed by atoms with E-state index in [9.17, 15) is 0 Å². The molecule has 0 saturated carbocycles. The highest BCUT2D eigenvalue weighted by molar-refractivity contribution is 5.85. The second-order valence-corrected chi connectivity index (χ2v) is 4.62. The van der Waals surface area contributed by atoms with Gasteiger partial charge in [0.25, 0.3) is 0 Å². The first-order chi connectivity index (χ1) is 5.58. The fourth-order valence-corrected chi connectivity index (χ4v) is 1.42. The molecule has 0 radical (unpaired) electrons. The predicted octanol–water partition coefficient (Wildman–Crippen LogP) is 2.22. The molecule has 1 fully saturated rings. The van der Waals surface area contributed by atoms with Crippen molar-refractivity contribution in [3.63, 3.8) is 0 Å². The molecular weight excluding hydrogens is 186 g/mol. The summed E-state index contributed by atoms with van der Waals surface area (Å²) in [6.45, 7) is 9.62. The Morgan fingerprint density at radius 2 is 1.77 bits per heavy atom. The quantitative estimate of drug-likeness (QED) is 0.750. The summed E-state index contributed by atoms with van der Waals surface area (Å²) in [4.78, 5) is 0. The first-order valence-electron chi connectivity index (χ1n) is 4.92. The summed E-state index contributed by atoms with van der Waals surface area (Å²) in [5.41, 5.74) is 0.0326. The topological polar surface area (TPSA) is 21.3 Å². The van der Waals surface area contributed by atoms with Crippen molar-refractivity contribution >= 4 is 12.4 Å². The van der Waals surface area contributed by atoms with E-state index in [1.165, 1.54) is 12.8 Å². The summed E-state index contributed by atoms with van der Waals surface area (Å²) in [7, 11) is 0. The largest absolute Gasteiger partial charge is 0.376 e. The Kier molecular flexibility index (Phi) is 5.93. The Labute approximate surface area is 87.8 Å². The van der Waals surface area contributed by atoms with E-state index in [4.69, 9.17) is 4.74 Å². The van der Waals surface area contributed by atoms with Crippen LogP contribution in [-0.2, 0) is 4.74 Å². The highest BCUT2D eigenvalue weighted by Crippen LogP contribution is 2.16. The number of hydrogen-bond acceptors (Lipinski definition) is 2. The summed E-state index contributed by atoms with van der Waals surface area (Å²) in [6, 6.07) is 0. The minimum Gasteiger partial charge on any atom is -0.376 e. The molecule has 0 aliphatic carbocycles. The predicted molar refractivity (Wildman–Crippen MR) is 58.5 cm³/mol. The molecule has 0 unspecified atom stereocenters. The van der Waals surface area contributed by atoms with E-state index < -0.39 is 0 Å². The number of halogens is 1. The number of ether oxygens (including phenoxy) is 1. The van der Waals surface area contributed by atoms with Gasteiger partial charge in [-0.25, -0.2) is 0 Å². The van der Waals surface area contributed by atoms with Crippen LogP contribution in [0.2, 0.25) is 0 Å². The molecule has 0 atom stereocenters. The molecule has 1 aliphatic heterocycles. The zero-order valence-corrected chi connectivity index (χ0v) is 9.75. The maximum absolute atomic E-state index is 5.74. The number of nitrogens with one attached hydrogen (secondary N) is 1. The van der Waals surface area contributed by atoms with Gasteiger partial charge in [0.2, 0.25) is 0 Å². The molecule has 0 spiro atoms. The minimum atomic E-state index is 0. The minimum absolute atomic E-state index is 0. The molecule has 1 saturated heterocycles. The van der Waals surface area contributed by atoms with Gasteiger partial charge in [-0.1, -0.05) is 0 Å². The lowest BCUT2D eigenvalue weighted by Gasteiger charge is -2.27. The van der Waals surface area contributed by atoms with E-state index in [-0.39, 0.29) is 18.0 Å². The van der Waals surface area contributed by atoms with Crippen molar-refractivity contribution in [3.05, 3.63) is 0 Å².